The number of benzene rings is 1. The van der Waals surface area contributed by atoms with Crippen LogP contribution in [0, 0.1) is 18.3 Å². The highest BCUT2D eigenvalue weighted by Gasteiger charge is 2.42. The number of aliphatic carboxylic acids is 1. The van der Waals surface area contributed by atoms with E-state index in [1.54, 1.807) is 13.8 Å². The lowest BCUT2D eigenvalue weighted by Crippen LogP contribution is -2.52. The second-order valence-electron chi connectivity index (χ2n) is 5.13. The van der Waals surface area contributed by atoms with Crippen LogP contribution in [0.3, 0.4) is 0 Å². The number of sulfonamides is 1. The predicted molar refractivity (Wildman–Crippen MR) is 77.2 cm³/mol. The monoisotopic (exact) mass is 310 g/mol. The van der Waals surface area contributed by atoms with Crippen LogP contribution in [0.4, 0.5) is 0 Å². The predicted octanol–water partition coefficient (Wildman–Crippen LogP) is 1.74. The average Bonchev–Trinajstić information content (AvgIpc) is 2.37. The molecule has 1 aromatic carbocycles. The fourth-order valence-corrected chi connectivity index (χ4v) is 4.06. The van der Waals surface area contributed by atoms with E-state index < -0.39 is 21.5 Å². The molecule has 0 bridgehead atoms. The van der Waals surface area contributed by atoms with Gasteiger partial charge in [0.05, 0.1) is 16.5 Å². The molecule has 0 fully saturated rings. The molecule has 0 unspecified atom stereocenters. The standard InChI is InChI=1S/C14H18N2O4S/c1-5-16(14(3,4)13(17)18)21(19,20)12-7-6-11(9-15)8-10(12)2/h6-8H,5H2,1-4H3,(H,17,18). The largest absolute Gasteiger partial charge is 0.480 e. The SMILES string of the molecule is CCN(C(C)(C)C(=O)O)S(=O)(=O)c1ccc(C#N)cc1C. The van der Waals surface area contributed by atoms with E-state index in [1.807, 2.05) is 6.07 Å². The van der Waals surface area contributed by atoms with Gasteiger partial charge >= 0.3 is 5.97 Å². The third-order valence-corrected chi connectivity index (χ3v) is 5.61. The molecule has 6 nitrogen and oxygen atoms in total. The van der Waals surface area contributed by atoms with E-state index >= 15 is 0 Å². The number of hydrogen-bond acceptors (Lipinski definition) is 4. The Morgan fingerprint density at radius 2 is 2.00 bits per heavy atom. The van der Waals surface area contributed by atoms with Gasteiger partial charge in [-0.25, -0.2) is 8.42 Å². The van der Waals surface area contributed by atoms with Crippen LogP contribution >= 0.6 is 0 Å². The Kier molecular flexibility index (Phi) is 4.76. The third kappa shape index (κ3) is 3.06. The van der Waals surface area contributed by atoms with Crippen molar-refractivity contribution in [1.29, 1.82) is 5.26 Å². The topological polar surface area (TPSA) is 98.5 Å². The first-order valence-electron chi connectivity index (χ1n) is 6.36. The number of rotatable bonds is 5. The molecule has 0 atom stereocenters. The highest BCUT2D eigenvalue weighted by Crippen LogP contribution is 2.27. The molecule has 114 valence electrons. The fourth-order valence-electron chi connectivity index (χ4n) is 2.10. The third-order valence-electron chi connectivity index (χ3n) is 3.31. The van der Waals surface area contributed by atoms with Gasteiger partial charge in [0.15, 0.2) is 0 Å². The number of carbonyl (C=O) groups is 1. The molecular weight excluding hydrogens is 292 g/mol. The summed E-state index contributed by atoms with van der Waals surface area (Å²) in [6, 6.07) is 6.14. The van der Waals surface area contributed by atoms with Crippen LogP contribution in [0.2, 0.25) is 0 Å². The summed E-state index contributed by atoms with van der Waals surface area (Å²) >= 11 is 0. The van der Waals surface area contributed by atoms with Crippen LogP contribution < -0.4 is 0 Å². The van der Waals surface area contributed by atoms with E-state index in [0.717, 1.165) is 4.31 Å². The average molecular weight is 310 g/mol. The van der Waals surface area contributed by atoms with E-state index in [9.17, 15) is 18.3 Å². The van der Waals surface area contributed by atoms with Crippen LogP contribution in [-0.2, 0) is 14.8 Å². The number of carboxylic acids is 1. The Morgan fingerprint density at radius 3 is 2.38 bits per heavy atom. The van der Waals surface area contributed by atoms with E-state index in [0.29, 0.717) is 11.1 Å². The lowest BCUT2D eigenvalue weighted by Gasteiger charge is -2.33. The maximum Gasteiger partial charge on any atom is 0.324 e. The highest BCUT2D eigenvalue weighted by molar-refractivity contribution is 7.89. The zero-order chi connectivity index (χ0) is 16.4. The zero-order valence-corrected chi connectivity index (χ0v) is 13.2. The molecular formula is C14H18N2O4S. The van der Waals surface area contributed by atoms with Crippen molar-refractivity contribution in [3.05, 3.63) is 29.3 Å². The summed E-state index contributed by atoms with van der Waals surface area (Å²) in [5, 5.41) is 18.1. The summed E-state index contributed by atoms with van der Waals surface area (Å²) in [6.07, 6.45) is 0. The Bertz CT molecular complexity index is 702. The van der Waals surface area contributed by atoms with E-state index in [4.69, 9.17) is 5.26 Å². The molecule has 0 saturated carbocycles. The van der Waals surface area contributed by atoms with E-state index in [1.165, 1.54) is 32.0 Å². The van der Waals surface area contributed by atoms with Crippen molar-refractivity contribution < 1.29 is 18.3 Å². The van der Waals surface area contributed by atoms with Crippen molar-refractivity contribution in [3.8, 4) is 6.07 Å². The number of carboxylic acid groups (broad SMARTS) is 1. The van der Waals surface area contributed by atoms with Crippen LogP contribution in [0.1, 0.15) is 31.9 Å². The van der Waals surface area contributed by atoms with Gasteiger partial charge in [-0.2, -0.15) is 9.57 Å². The summed E-state index contributed by atoms with van der Waals surface area (Å²) < 4.78 is 26.4. The lowest BCUT2D eigenvalue weighted by atomic mass is 10.1. The quantitative estimate of drug-likeness (QED) is 0.893. The number of likely N-dealkylation sites (N-methyl/N-ethyl adjacent to an activating group) is 1. The smallest absolute Gasteiger partial charge is 0.324 e. The molecule has 1 N–H and O–H groups in total. The van der Waals surface area contributed by atoms with Gasteiger partial charge in [-0.15, -0.1) is 0 Å². The van der Waals surface area contributed by atoms with Gasteiger partial charge in [0.1, 0.15) is 5.54 Å². The van der Waals surface area contributed by atoms with Crippen molar-refractivity contribution in [1.82, 2.24) is 4.31 Å². The van der Waals surface area contributed by atoms with Crippen LogP contribution in [0.15, 0.2) is 23.1 Å². The Morgan fingerprint density at radius 1 is 1.43 bits per heavy atom. The summed E-state index contributed by atoms with van der Waals surface area (Å²) in [5.41, 5.74) is -0.797. The lowest BCUT2D eigenvalue weighted by molar-refractivity contribution is -0.146. The van der Waals surface area contributed by atoms with Gasteiger partial charge in [-0.1, -0.05) is 6.92 Å². The molecule has 0 amide bonds. The molecule has 0 radical (unpaired) electrons. The van der Waals surface area contributed by atoms with Gasteiger partial charge in [0.2, 0.25) is 10.0 Å². The second-order valence-corrected chi connectivity index (χ2v) is 6.96. The summed E-state index contributed by atoms with van der Waals surface area (Å²) in [6.45, 7) is 5.88. The Hall–Kier alpha value is -1.91. The maximum absolute atomic E-state index is 12.7. The zero-order valence-electron chi connectivity index (χ0n) is 12.4. The first-order chi connectivity index (χ1) is 9.58. The molecule has 0 spiro atoms. The molecule has 0 heterocycles. The summed E-state index contributed by atoms with van der Waals surface area (Å²) in [5.74, 6) is -1.22. The number of hydrogen-bond donors (Lipinski definition) is 1. The molecule has 7 heteroatoms. The molecule has 0 aliphatic heterocycles. The van der Waals surface area contributed by atoms with Crippen molar-refractivity contribution in [2.75, 3.05) is 6.54 Å². The fraction of sp³-hybridized carbons (Fsp3) is 0.429. The first kappa shape index (κ1) is 17.1. The van der Waals surface area contributed by atoms with Gasteiger partial charge in [0.25, 0.3) is 0 Å². The molecule has 1 aromatic rings. The minimum atomic E-state index is -3.97. The van der Waals surface area contributed by atoms with Crippen LogP contribution in [0.25, 0.3) is 0 Å². The molecule has 0 aliphatic rings. The Labute approximate surface area is 124 Å². The normalized spacial score (nSPS) is 12.2. The van der Waals surface area contributed by atoms with Gasteiger partial charge < -0.3 is 5.11 Å². The van der Waals surface area contributed by atoms with E-state index in [2.05, 4.69) is 0 Å². The van der Waals surface area contributed by atoms with Gasteiger partial charge in [-0.05, 0) is 44.5 Å². The van der Waals surface area contributed by atoms with Crippen LogP contribution in [-0.4, -0.2) is 35.9 Å². The van der Waals surface area contributed by atoms with Crippen molar-refractivity contribution in [2.45, 2.75) is 38.1 Å². The molecule has 1 rings (SSSR count). The second kappa shape index (κ2) is 5.84. The summed E-state index contributed by atoms with van der Waals surface area (Å²) in [7, 11) is -3.97. The molecule has 0 aromatic heterocycles. The van der Waals surface area contributed by atoms with Gasteiger partial charge in [0, 0.05) is 6.54 Å². The van der Waals surface area contributed by atoms with Crippen molar-refractivity contribution in [2.24, 2.45) is 0 Å². The molecule has 0 aliphatic carbocycles. The highest BCUT2D eigenvalue weighted by atomic mass is 32.2. The maximum atomic E-state index is 12.7. The number of nitrogens with zero attached hydrogens (tertiary/aromatic N) is 2. The van der Waals surface area contributed by atoms with Crippen molar-refractivity contribution in [3.63, 3.8) is 0 Å². The molecule has 21 heavy (non-hydrogen) atoms. The van der Waals surface area contributed by atoms with Crippen molar-refractivity contribution >= 4 is 16.0 Å². The Balaban J connectivity index is 3.46. The van der Waals surface area contributed by atoms with E-state index in [-0.39, 0.29) is 11.4 Å². The van der Waals surface area contributed by atoms with Crippen LogP contribution in [0.5, 0.6) is 0 Å². The summed E-state index contributed by atoms with van der Waals surface area (Å²) in [4.78, 5) is 11.3. The molecule has 0 saturated heterocycles. The minimum Gasteiger partial charge on any atom is -0.480 e. The first-order valence-corrected chi connectivity index (χ1v) is 7.80. The van der Waals surface area contributed by atoms with Gasteiger partial charge in [-0.3, -0.25) is 4.79 Å². The number of aryl methyl sites for hydroxylation is 1. The minimum absolute atomic E-state index is 0.0117. The number of nitriles is 1.